The van der Waals surface area contributed by atoms with Crippen molar-refractivity contribution >= 4 is 23.5 Å². The van der Waals surface area contributed by atoms with E-state index in [2.05, 4.69) is 11.4 Å². The van der Waals surface area contributed by atoms with Crippen LogP contribution in [-0.4, -0.2) is 58.5 Å². The minimum absolute atomic E-state index is 0.200. The van der Waals surface area contributed by atoms with Crippen LogP contribution in [0.4, 0.5) is 10.5 Å². The number of nitrogens with one attached hydrogen (secondary N) is 2. The van der Waals surface area contributed by atoms with E-state index >= 15 is 0 Å². The van der Waals surface area contributed by atoms with Gasteiger partial charge in [0.2, 0.25) is 5.91 Å². The number of benzene rings is 1. The Balaban J connectivity index is 1.68. The Bertz CT molecular complexity index is 795. The molecule has 0 aromatic heterocycles. The molecule has 0 spiro atoms. The lowest BCUT2D eigenvalue weighted by Crippen LogP contribution is -2.51. The molecule has 3 rings (SSSR count). The molecule has 0 bridgehead atoms. The zero-order valence-corrected chi connectivity index (χ0v) is 17.8. The highest BCUT2D eigenvalue weighted by molar-refractivity contribution is 5.97. The highest BCUT2D eigenvalue weighted by Crippen LogP contribution is 2.26. The van der Waals surface area contributed by atoms with E-state index in [-0.39, 0.29) is 18.5 Å². The third-order valence-electron chi connectivity index (χ3n) is 5.87. The lowest BCUT2D eigenvalue weighted by Gasteiger charge is -2.31. The molecule has 8 heteroatoms. The summed E-state index contributed by atoms with van der Waals surface area (Å²) in [5.41, 5.74) is 4.97. The summed E-state index contributed by atoms with van der Waals surface area (Å²) in [5.74, 6) is -0.491. The van der Waals surface area contributed by atoms with Crippen molar-refractivity contribution in [2.45, 2.75) is 58.4 Å². The van der Waals surface area contributed by atoms with Crippen molar-refractivity contribution in [2.75, 3.05) is 25.0 Å². The van der Waals surface area contributed by atoms with E-state index in [0.29, 0.717) is 25.4 Å². The highest BCUT2D eigenvalue weighted by Gasteiger charge is 2.36. The lowest BCUT2D eigenvalue weighted by molar-refractivity contribution is -0.129. The number of carbonyl (C=O) groups excluding carboxylic acids is 3. The van der Waals surface area contributed by atoms with E-state index in [0.717, 1.165) is 37.8 Å². The van der Waals surface area contributed by atoms with Crippen molar-refractivity contribution in [3.05, 3.63) is 29.3 Å². The van der Waals surface area contributed by atoms with Crippen molar-refractivity contribution in [3.8, 4) is 0 Å². The fraction of sp³-hybridized carbons (Fsp3) is 0.591. The van der Waals surface area contributed by atoms with Crippen LogP contribution in [0.25, 0.3) is 0 Å². The second-order valence-electron chi connectivity index (χ2n) is 8.60. The maximum Gasteiger partial charge on any atom is 0.321 e. The third kappa shape index (κ3) is 5.30. The maximum absolute atomic E-state index is 13.1. The molecule has 1 aromatic carbocycles. The van der Waals surface area contributed by atoms with Gasteiger partial charge >= 0.3 is 6.03 Å². The first-order chi connectivity index (χ1) is 14.4. The second-order valence-corrected chi connectivity index (χ2v) is 8.60. The van der Waals surface area contributed by atoms with Gasteiger partial charge in [0, 0.05) is 18.8 Å². The Hall–Kier alpha value is -2.61. The van der Waals surface area contributed by atoms with Crippen LogP contribution >= 0.6 is 0 Å². The Labute approximate surface area is 177 Å². The standard InChI is InChI=1S/C22H32N4O4/c1-15(2)10-12-25(14-20(27)24-30)22(29)26-11-4-7-19(26)21(28)23-18-9-8-16-5-3-6-17(16)13-18/h8-9,13,15,19,30H,3-7,10-12,14H2,1-2H3,(H,23,28)(H,24,27)/t19-/m0/s1. The summed E-state index contributed by atoms with van der Waals surface area (Å²) in [4.78, 5) is 40.7. The number of hydroxylamine groups is 1. The molecule has 164 valence electrons. The number of hydrogen-bond acceptors (Lipinski definition) is 4. The Morgan fingerprint density at radius 3 is 2.70 bits per heavy atom. The number of rotatable bonds is 7. The quantitative estimate of drug-likeness (QED) is 0.470. The molecule has 4 amide bonds. The topological polar surface area (TPSA) is 102 Å². The number of amides is 4. The molecule has 3 N–H and O–H groups in total. The van der Waals surface area contributed by atoms with Gasteiger partial charge in [0.1, 0.15) is 12.6 Å². The third-order valence-corrected chi connectivity index (χ3v) is 5.87. The smallest absolute Gasteiger partial charge is 0.321 e. The fourth-order valence-corrected chi connectivity index (χ4v) is 4.19. The summed E-state index contributed by atoms with van der Waals surface area (Å²) >= 11 is 0. The average Bonchev–Trinajstić information content (AvgIpc) is 3.39. The average molecular weight is 417 g/mol. The van der Waals surface area contributed by atoms with Gasteiger partial charge in [-0.2, -0.15) is 0 Å². The molecule has 30 heavy (non-hydrogen) atoms. The van der Waals surface area contributed by atoms with Crippen LogP contribution < -0.4 is 10.8 Å². The van der Waals surface area contributed by atoms with Gasteiger partial charge in [0.15, 0.2) is 0 Å². The van der Waals surface area contributed by atoms with Crippen molar-refractivity contribution in [3.63, 3.8) is 0 Å². The maximum atomic E-state index is 13.1. The van der Waals surface area contributed by atoms with Gasteiger partial charge in [-0.25, -0.2) is 10.3 Å². The van der Waals surface area contributed by atoms with Gasteiger partial charge in [-0.1, -0.05) is 19.9 Å². The van der Waals surface area contributed by atoms with Crippen LogP contribution in [0.2, 0.25) is 0 Å². The summed E-state index contributed by atoms with van der Waals surface area (Å²) in [7, 11) is 0. The predicted molar refractivity (Wildman–Crippen MR) is 113 cm³/mol. The fourth-order valence-electron chi connectivity index (χ4n) is 4.19. The first kappa shape index (κ1) is 22.1. The van der Waals surface area contributed by atoms with E-state index < -0.39 is 11.9 Å². The largest absolute Gasteiger partial charge is 0.324 e. The number of urea groups is 1. The molecule has 1 saturated heterocycles. The van der Waals surface area contributed by atoms with Crippen molar-refractivity contribution in [1.29, 1.82) is 0 Å². The number of anilines is 1. The molecule has 1 aliphatic heterocycles. The van der Waals surface area contributed by atoms with E-state index in [1.165, 1.54) is 16.0 Å². The minimum atomic E-state index is -0.648. The normalized spacial score (nSPS) is 17.7. The van der Waals surface area contributed by atoms with Crippen LogP contribution in [0.15, 0.2) is 18.2 Å². The molecule has 0 radical (unpaired) electrons. The van der Waals surface area contributed by atoms with Gasteiger partial charge in [-0.3, -0.25) is 14.8 Å². The van der Waals surface area contributed by atoms with Gasteiger partial charge in [0.05, 0.1) is 0 Å². The van der Waals surface area contributed by atoms with E-state index in [4.69, 9.17) is 5.21 Å². The van der Waals surface area contributed by atoms with Crippen LogP contribution in [0.1, 0.15) is 50.7 Å². The number of carbonyl (C=O) groups is 3. The minimum Gasteiger partial charge on any atom is -0.324 e. The van der Waals surface area contributed by atoms with Crippen LogP contribution in [0, 0.1) is 5.92 Å². The van der Waals surface area contributed by atoms with Gasteiger partial charge in [-0.05, 0) is 67.7 Å². The number of fused-ring (bicyclic) bond motifs is 1. The monoisotopic (exact) mass is 416 g/mol. The molecule has 1 aromatic rings. The molecule has 1 atom stereocenters. The zero-order chi connectivity index (χ0) is 21.7. The van der Waals surface area contributed by atoms with Gasteiger partial charge < -0.3 is 15.1 Å². The summed E-state index contributed by atoms with van der Waals surface area (Å²) in [6.07, 6.45) is 5.31. The SMILES string of the molecule is CC(C)CCN(CC(=O)NO)C(=O)N1CCC[C@H]1C(=O)Nc1ccc2c(c1)CCC2. The number of nitrogens with zero attached hydrogens (tertiary/aromatic N) is 2. The molecule has 2 aliphatic rings. The first-order valence-electron chi connectivity index (χ1n) is 10.8. The van der Waals surface area contributed by atoms with Gasteiger partial charge in [0.25, 0.3) is 5.91 Å². The van der Waals surface area contributed by atoms with Crippen LogP contribution in [0.5, 0.6) is 0 Å². The van der Waals surface area contributed by atoms with E-state index in [9.17, 15) is 14.4 Å². The van der Waals surface area contributed by atoms with Crippen molar-refractivity contribution in [2.24, 2.45) is 5.92 Å². The molecule has 0 saturated carbocycles. The van der Waals surface area contributed by atoms with Gasteiger partial charge in [-0.15, -0.1) is 0 Å². The Morgan fingerprint density at radius 2 is 1.97 bits per heavy atom. The Kier molecular flexibility index (Phi) is 7.31. The Morgan fingerprint density at radius 1 is 1.20 bits per heavy atom. The molecule has 1 fully saturated rings. The van der Waals surface area contributed by atoms with Crippen molar-refractivity contribution in [1.82, 2.24) is 15.3 Å². The molecular weight excluding hydrogens is 384 g/mol. The molecule has 0 unspecified atom stereocenters. The number of likely N-dealkylation sites (tertiary alicyclic amines) is 1. The summed E-state index contributed by atoms with van der Waals surface area (Å²) in [6.45, 7) is 4.70. The number of aryl methyl sites for hydroxylation is 2. The second kappa shape index (κ2) is 9.93. The van der Waals surface area contributed by atoms with Crippen LogP contribution in [0.3, 0.4) is 0 Å². The summed E-state index contributed by atoms with van der Waals surface area (Å²) < 4.78 is 0. The molecular formula is C22H32N4O4. The first-order valence-corrected chi connectivity index (χ1v) is 10.8. The van der Waals surface area contributed by atoms with Crippen molar-refractivity contribution < 1.29 is 19.6 Å². The summed E-state index contributed by atoms with van der Waals surface area (Å²) in [5, 5.41) is 11.8. The predicted octanol–water partition coefficient (Wildman–Crippen LogP) is 2.55. The molecule has 1 heterocycles. The van der Waals surface area contributed by atoms with E-state index in [1.807, 2.05) is 26.0 Å². The van der Waals surface area contributed by atoms with Crippen LogP contribution in [-0.2, 0) is 22.4 Å². The number of hydrogen-bond donors (Lipinski definition) is 3. The molecule has 8 nitrogen and oxygen atoms in total. The summed E-state index contributed by atoms with van der Waals surface area (Å²) in [6, 6.07) is 5.11. The van der Waals surface area contributed by atoms with E-state index in [1.54, 1.807) is 10.4 Å². The highest BCUT2D eigenvalue weighted by atomic mass is 16.5. The molecule has 1 aliphatic carbocycles. The zero-order valence-electron chi connectivity index (χ0n) is 17.8. The lowest BCUT2D eigenvalue weighted by atomic mass is 10.1.